The molecule has 0 unspecified atom stereocenters. The summed E-state index contributed by atoms with van der Waals surface area (Å²) in [5.74, 6) is 0. The van der Waals surface area contributed by atoms with Crippen LogP contribution < -0.4 is 5.32 Å². The van der Waals surface area contributed by atoms with Crippen LogP contribution in [0.4, 0.5) is 0 Å². The summed E-state index contributed by atoms with van der Waals surface area (Å²) in [5, 5.41) is 3.34. The molecule has 3 heteroatoms. The highest BCUT2D eigenvalue weighted by atomic mass is 16.5. The molecule has 1 saturated heterocycles. The minimum absolute atomic E-state index is 0.173. The van der Waals surface area contributed by atoms with Gasteiger partial charge >= 0.3 is 0 Å². The molecular formula is C11H24N2O. The first-order valence-corrected chi connectivity index (χ1v) is 5.39. The Morgan fingerprint density at radius 2 is 2.07 bits per heavy atom. The number of nitrogens with one attached hydrogen (secondary N) is 1. The quantitative estimate of drug-likeness (QED) is 0.738. The zero-order valence-corrected chi connectivity index (χ0v) is 10.2. The second-order valence-corrected chi connectivity index (χ2v) is 5.42. The van der Waals surface area contributed by atoms with Crippen molar-refractivity contribution in [3.8, 4) is 0 Å². The van der Waals surface area contributed by atoms with Crippen LogP contribution in [0.25, 0.3) is 0 Å². The van der Waals surface area contributed by atoms with Gasteiger partial charge in [-0.15, -0.1) is 0 Å². The fourth-order valence-corrected chi connectivity index (χ4v) is 1.74. The van der Waals surface area contributed by atoms with Crippen LogP contribution in [-0.4, -0.2) is 49.3 Å². The number of ether oxygens (including phenoxy) is 1. The van der Waals surface area contributed by atoms with Crippen LogP contribution in [0.5, 0.6) is 0 Å². The number of rotatable bonds is 3. The van der Waals surface area contributed by atoms with Gasteiger partial charge in [-0.2, -0.15) is 0 Å². The van der Waals surface area contributed by atoms with Gasteiger partial charge in [0, 0.05) is 24.2 Å². The second-order valence-electron chi connectivity index (χ2n) is 5.42. The largest absolute Gasteiger partial charge is 0.378 e. The summed E-state index contributed by atoms with van der Waals surface area (Å²) in [4.78, 5) is 2.51. The van der Waals surface area contributed by atoms with E-state index in [1.807, 2.05) is 7.05 Å². The summed E-state index contributed by atoms with van der Waals surface area (Å²) in [5.41, 5.74) is 0.348. The van der Waals surface area contributed by atoms with Crippen molar-refractivity contribution in [2.24, 2.45) is 0 Å². The number of morpholine rings is 1. The molecule has 1 rings (SSSR count). The standard InChI is InChI=1S/C11H24N2O/c1-10(2,12-5)8-13-6-7-14-9-11(13,3)4/h12H,6-9H2,1-5H3. The molecule has 0 aliphatic carbocycles. The third-order valence-electron chi connectivity index (χ3n) is 3.08. The van der Waals surface area contributed by atoms with E-state index in [4.69, 9.17) is 4.74 Å². The first kappa shape index (κ1) is 12.0. The summed E-state index contributed by atoms with van der Waals surface area (Å²) in [7, 11) is 2.02. The first-order chi connectivity index (χ1) is 6.37. The lowest BCUT2D eigenvalue weighted by molar-refractivity contribution is -0.0593. The lowest BCUT2D eigenvalue weighted by atomic mass is 9.97. The summed E-state index contributed by atoms with van der Waals surface area (Å²) >= 11 is 0. The van der Waals surface area contributed by atoms with Crippen molar-refractivity contribution in [1.82, 2.24) is 10.2 Å². The smallest absolute Gasteiger partial charge is 0.0645 e. The zero-order chi connectivity index (χ0) is 10.8. The van der Waals surface area contributed by atoms with E-state index >= 15 is 0 Å². The van der Waals surface area contributed by atoms with Crippen molar-refractivity contribution < 1.29 is 4.74 Å². The molecule has 0 atom stereocenters. The molecule has 0 saturated carbocycles. The van der Waals surface area contributed by atoms with Crippen LogP contribution in [0.1, 0.15) is 27.7 Å². The molecule has 0 spiro atoms. The zero-order valence-electron chi connectivity index (χ0n) is 10.2. The van der Waals surface area contributed by atoms with Crippen LogP contribution in [-0.2, 0) is 4.74 Å². The average molecular weight is 200 g/mol. The topological polar surface area (TPSA) is 24.5 Å². The summed E-state index contributed by atoms with van der Waals surface area (Å²) < 4.78 is 5.50. The SMILES string of the molecule is CNC(C)(C)CN1CCOCC1(C)C. The Bertz CT molecular complexity index is 190. The highest BCUT2D eigenvalue weighted by Crippen LogP contribution is 2.21. The van der Waals surface area contributed by atoms with Gasteiger partial charge in [-0.25, -0.2) is 0 Å². The molecule has 1 N–H and O–H groups in total. The van der Waals surface area contributed by atoms with Gasteiger partial charge in [-0.1, -0.05) is 0 Å². The molecule has 0 amide bonds. The van der Waals surface area contributed by atoms with E-state index in [1.54, 1.807) is 0 Å². The monoisotopic (exact) mass is 200 g/mol. The van der Waals surface area contributed by atoms with E-state index in [2.05, 4.69) is 37.9 Å². The van der Waals surface area contributed by atoms with Gasteiger partial charge in [0.1, 0.15) is 0 Å². The van der Waals surface area contributed by atoms with Gasteiger partial charge in [-0.05, 0) is 34.7 Å². The van der Waals surface area contributed by atoms with Gasteiger partial charge in [0.15, 0.2) is 0 Å². The molecule has 1 aliphatic heterocycles. The highest BCUT2D eigenvalue weighted by molar-refractivity contribution is 4.90. The summed E-state index contributed by atoms with van der Waals surface area (Å²) in [6.45, 7) is 12.8. The molecular weight excluding hydrogens is 176 g/mol. The van der Waals surface area contributed by atoms with E-state index in [-0.39, 0.29) is 11.1 Å². The molecule has 1 aliphatic rings. The van der Waals surface area contributed by atoms with Crippen LogP contribution in [0.15, 0.2) is 0 Å². The minimum Gasteiger partial charge on any atom is -0.378 e. The van der Waals surface area contributed by atoms with Crippen LogP contribution in [0.3, 0.4) is 0 Å². The maximum Gasteiger partial charge on any atom is 0.0645 e. The van der Waals surface area contributed by atoms with E-state index in [9.17, 15) is 0 Å². The molecule has 0 aromatic heterocycles. The predicted molar refractivity (Wildman–Crippen MR) is 59.6 cm³/mol. The Kier molecular flexibility index (Phi) is 3.56. The van der Waals surface area contributed by atoms with Gasteiger partial charge < -0.3 is 10.1 Å². The third kappa shape index (κ3) is 2.94. The van der Waals surface area contributed by atoms with Crippen molar-refractivity contribution in [1.29, 1.82) is 0 Å². The fourth-order valence-electron chi connectivity index (χ4n) is 1.74. The molecule has 0 aromatic carbocycles. The Labute approximate surface area is 87.8 Å². The van der Waals surface area contributed by atoms with Gasteiger partial charge in [0.2, 0.25) is 0 Å². The molecule has 0 radical (unpaired) electrons. The van der Waals surface area contributed by atoms with E-state index in [1.165, 1.54) is 0 Å². The Morgan fingerprint density at radius 1 is 1.43 bits per heavy atom. The Hall–Kier alpha value is -0.120. The highest BCUT2D eigenvalue weighted by Gasteiger charge is 2.33. The molecule has 1 fully saturated rings. The van der Waals surface area contributed by atoms with Crippen molar-refractivity contribution in [3.63, 3.8) is 0 Å². The van der Waals surface area contributed by atoms with Crippen molar-refractivity contribution >= 4 is 0 Å². The summed E-state index contributed by atoms with van der Waals surface area (Å²) in [6, 6.07) is 0. The number of hydrogen-bond acceptors (Lipinski definition) is 3. The van der Waals surface area contributed by atoms with Gasteiger partial charge in [0.25, 0.3) is 0 Å². The Morgan fingerprint density at radius 3 is 2.57 bits per heavy atom. The number of likely N-dealkylation sites (N-methyl/N-ethyl adjacent to an activating group) is 1. The van der Waals surface area contributed by atoms with Crippen molar-refractivity contribution in [2.75, 3.05) is 33.4 Å². The normalized spacial score (nSPS) is 23.8. The maximum absolute atomic E-state index is 5.50. The minimum atomic E-state index is 0.173. The first-order valence-electron chi connectivity index (χ1n) is 5.39. The van der Waals surface area contributed by atoms with Crippen molar-refractivity contribution in [2.45, 2.75) is 38.8 Å². The van der Waals surface area contributed by atoms with E-state index in [0.29, 0.717) is 0 Å². The molecule has 3 nitrogen and oxygen atoms in total. The lowest BCUT2D eigenvalue weighted by Gasteiger charge is -2.45. The Balaban J connectivity index is 2.58. The molecule has 0 aromatic rings. The van der Waals surface area contributed by atoms with Crippen LogP contribution in [0, 0.1) is 0 Å². The molecule has 1 heterocycles. The van der Waals surface area contributed by atoms with Gasteiger partial charge in [-0.3, -0.25) is 4.90 Å². The number of nitrogens with zero attached hydrogens (tertiary/aromatic N) is 1. The van der Waals surface area contributed by atoms with E-state index in [0.717, 1.165) is 26.3 Å². The predicted octanol–water partition coefficient (Wildman–Crippen LogP) is 1.10. The third-order valence-corrected chi connectivity index (χ3v) is 3.08. The van der Waals surface area contributed by atoms with Crippen LogP contribution in [0.2, 0.25) is 0 Å². The van der Waals surface area contributed by atoms with Gasteiger partial charge in [0.05, 0.1) is 13.2 Å². The van der Waals surface area contributed by atoms with E-state index < -0.39 is 0 Å². The lowest BCUT2D eigenvalue weighted by Crippen LogP contribution is -2.59. The number of hydrogen-bond donors (Lipinski definition) is 1. The average Bonchev–Trinajstić information content (AvgIpc) is 2.09. The second kappa shape index (κ2) is 4.17. The molecule has 14 heavy (non-hydrogen) atoms. The summed E-state index contributed by atoms with van der Waals surface area (Å²) in [6.07, 6.45) is 0. The molecule has 0 bridgehead atoms. The van der Waals surface area contributed by atoms with Crippen molar-refractivity contribution in [3.05, 3.63) is 0 Å². The fraction of sp³-hybridized carbons (Fsp3) is 1.00. The van der Waals surface area contributed by atoms with Crippen LogP contribution >= 0.6 is 0 Å². The molecule has 84 valence electrons. The maximum atomic E-state index is 5.50.